The molecule has 2 aromatic carbocycles. The number of hydrogen-bond donors (Lipinski definition) is 0. The molecule has 6 heteroatoms. The van der Waals surface area contributed by atoms with Crippen molar-refractivity contribution in [2.24, 2.45) is 4.99 Å². The van der Waals surface area contributed by atoms with Gasteiger partial charge in [-0.1, -0.05) is 12.1 Å². The highest BCUT2D eigenvalue weighted by Crippen LogP contribution is 2.49. The minimum absolute atomic E-state index is 0.171. The fourth-order valence-corrected chi connectivity index (χ4v) is 3.10. The van der Waals surface area contributed by atoms with Gasteiger partial charge in [0.1, 0.15) is 5.84 Å². The van der Waals surface area contributed by atoms with E-state index in [2.05, 4.69) is 4.99 Å². The van der Waals surface area contributed by atoms with Crippen molar-refractivity contribution >= 4 is 17.2 Å². The highest BCUT2D eigenvalue weighted by Gasteiger charge is 2.35. The lowest BCUT2D eigenvalue weighted by molar-refractivity contribution is -0.137. The Labute approximate surface area is 137 Å². The average molecular weight is 332 g/mol. The number of hydrogen-bond acceptors (Lipinski definition) is 3. The maximum atomic E-state index is 13.1. The van der Waals surface area contributed by atoms with Crippen LogP contribution in [0.3, 0.4) is 0 Å². The van der Waals surface area contributed by atoms with Crippen molar-refractivity contribution in [3.8, 4) is 11.5 Å². The van der Waals surface area contributed by atoms with Crippen LogP contribution in [0.1, 0.15) is 25.3 Å². The van der Waals surface area contributed by atoms with Gasteiger partial charge in [-0.3, -0.25) is 9.89 Å². The number of fused-ring (bicyclic) bond motifs is 2. The first-order valence-electron chi connectivity index (χ1n) is 7.78. The van der Waals surface area contributed by atoms with Gasteiger partial charge in [-0.05, 0) is 43.7 Å². The molecule has 0 radical (unpaired) electrons. The number of amidine groups is 1. The molecule has 124 valence electrons. The second-order valence-electron chi connectivity index (χ2n) is 6.02. The van der Waals surface area contributed by atoms with E-state index < -0.39 is 11.7 Å². The van der Waals surface area contributed by atoms with Crippen LogP contribution >= 0.6 is 0 Å². The third kappa shape index (κ3) is 2.42. The molecular weight excluding hydrogens is 317 g/mol. The van der Waals surface area contributed by atoms with E-state index in [0.717, 1.165) is 36.5 Å². The van der Waals surface area contributed by atoms with Crippen LogP contribution < -0.4 is 9.64 Å². The Morgan fingerprint density at radius 1 is 1.08 bits per heavy atom. The van der Waals surface area contributed by atoms with E-state index in [0.29, 0.717) is 17.2 Å². The molecular formula is C18H15F3N2O. The molecule has 2 heterocycles. The van der Waals surface area contributed by atoms with Gasteiger partial charge < -0.3 is 4.74 Å². The lowest BCUT2D eigenvalue weighted by Crippen LogP contribution is -2.27. The lowest BCUT2D eigenvalue weighted by Gasteiger charge is -2.33. The van der Waals surface area contributed by atoms with Crippen LogP contribution in [-0.2, 0) is 6.18 Å². The van der Waals surface area contributed by atoms with Crippen molar-refractivity contribution in [2.45, 2.75) is 32.0 Å². The molecule has 0 aliphatic carbocycles. The summed E-state index contributed by atoms with van der Waals surface area (Å²) in [5.41, 5.74) is 0.412. The van der Waals surface area contributed by atoms with Crippen molar-refractivity contribution in [1.29, 1.82) is 0 Å². The second-order valence-corrected chi connectivity index (χ2v) is 6.02. The van der Waals surface area contributed by atoms with Gasteiger partial charge in [0.25, 0.3) is 0 Å². The van der Waals surface area contributed by atoms with Crippen molar-refractivity contribution in [1.82, 2.24) is 0 Å². The zero-order valence-corrected chi connectivity index (χ0v) is 13.0. The number of anilines is 2. The van der Waals surface area contributed by atoms with Crippen LogP contribution in [0.15, 0.2) is 47.5 Å². The Bertz CT molecular complexity index is 829. The van der Waals surface area contributed by atoms with Crippen molar-refractivity contribution in [2.75, 3.05) is 4.90 Å². The predicted molar refractivity (Wildman–Crippen MR) is 86.2 cm³/mol. The molecule has 0 amide bonds. The third-order valence-corrected chi connectivity index (χ3v) is 4.27. The van der Waals surface area contributed by atoms with Crippen LogP contribution in [0.4, 0.5) is 24.5 Å². The molecule has 1 atom stereocenters. The number of para-hydroxylation sites is 2. The van der Waals surface area contributed by atoms with Gasteiger partial charge in [-0.15, -0.1) is 0 Å². The molecule has 0 spiro atoms. The Morgan fingerprint density at radius 3 is 2.54 bits per heavy atom. The molecule has 3 nitrogen and oxygen atoms in total. The monoisotopic (exact) mass is 332 g/mol. The molecule has 24 heavy (non-hydrogen) atoms. The van der Waals surface area contributed by atoms with Crippen LogP contribution in [0.5, 0.6) is 11.5 Å². The molecule has 0 saturated heterocycles. The summed E-state index contributed by atoms with van der Waals surface area (Å²) in [6, 6.07) is 11.1. The first-order chi connectivity index (χ1) is 11.4. The summed E-state index contributed by atoms with van der Waals surface area (Å²) in [5.74, 6) is 1.80. The molecule has 0 N–H and O–H groups in total. The summed E-state index contributed by atoms with van der Waals surface area (Å²) in [4.78, 5) is 6.41. The summed E-state index contributed by atoms with van der Waals surface area (Å²) >= 11 is 0. The first-order valence-corrected chi connectivity index (χ1v) is 7.78. The van der Waals surface area contributed by atoms with Gasteiger partial charge in [-0.2, -0.15) is 13.2 Å². The lowest BCUT2D eigenvalue weighted by atomic mass is 10.1. The van der Waals surface area contributed by atoms with Crippen LogP contribution in [0.25, 0.3) is 0 Å². The molecule has 0 saturated carbocycles. The summed E-state index contributed by atoms with van der Waals surface area (Å²) in [6.45, 7) is 2.01. The molecule has 2 aliphatic heterocycles. The van der Waals surface area contributed by atoms with Crippen molar-refractivity contribution < 1.29 is 17.9 Å². The van der Waals surface area contributed by atoms with E-state index in [1.807, 2.05) is 31.2 Å². The summed E-state index contributed by atoms with van der Waals surface area (Å²) < 4.78 is 45.2. The van der Waals surface area contributed by atoms with E-state index in [1.54, 1.807) is 4.90 Å². The second kappa shape index (κ2) is 5.26. The zero-order valence-electron chi connectivity index (χ0n) is 13.0. The largest absolute Gasteiger partial charge is 0.453 e. The smallest absolute Gasteiger partial charge is 0.416 e. The molecule has 1 unspecified atom stereocenters. The normalized spacial score (nSPS) is 19.4. The summed E-state index contributed by atoms with van der Waals surface area (Å²) in [5, 5.41) is 0. The number of rotatable bonds is 0. The minimum atomic E-state index is -4.40. The van der Waals surface area contributed by atoms with Crippen LogP contribution in [-0.4, -0.2) is 11.9 Å². The molecule has 2 aromatic rings. The Morgan fingerprint density at radius 2 is 1.83 bits per heavy atom. The third-order valence-electron chi connectivity index (χ3n) is 4.27. The number of nitrogens with zero attached hydrogens (tertiary/aromatic N) is 2. The van der Waals surface area contributed by atoms with Crippen molar-refractivity contribution in [3.05, 3.63) is 48.0 Å². The highest BCUT2D eigenvalue weighted by molar-refractivity contribution is 6.08. The summed E-state index contributed by atoms with van der Waals surface area (Å²) in [6.07, 6.45) is -2.78. The van der Waals surface area contributed by atoms with Gasteiger partial charge in [0.05, 0.1) is 16.9 Å². The number of alkyl halides is 3. The van der Waals surface area contributed by atoms with Gasteiger partial charge in [0.15, 0.2) is 11.5 Å². The summed E-state index contributed by atoms with van der Waals surface area (Å²) in [7, 11) is 0. The molecule has 0 bridgehead atoms. The quantitative estimate of drug-likeness (QED) is 0.633. The highest BCUT2D eigenvalue weighted by atomic mass is 19.4. The Balaban J connectivity index is 1.90. The van der Waals surface area contributed by atoms with Gasteiger partial charge in [0.2, 0.25) is 0 Å². The fraction of sp³-hybridized carbons (Fsp3) is 0.278. The zero-order chi connectivity index (χ0) is 16.9. The van der Waals surface area contributed by atoms with Gasteiger partial charge >= 0.3 is 6.18 Å². The van der Waals surface area contributed by atoms with E-state index in [4.69, 9.17) is 4.74 Å². The number of aliphatic imine (C=N–C) groups is 1. The standard InChI is InChI=1S/C18H15F3N2O/c1-11-6-9-17(22-11)23-13-4-2-3-5-15(13)24-16-8-7-12(10-14(16)23)18(19,20)21/h2-5,7-8,10-11H,6,9H2,1H3. The molecule has 4 rings (SSSR count). The Kier molecular flexibility index (Phi) is 3.30. The topological polar surface area (TPSA) is 24.8 Å². The number of ether oxygens (including phenoxy) is 1. The van der Waals surface area contributed by atoms with E-state index in [-0.39, 0.29) is 6.04 Å². The van der Waals surface area contributed by atoms with Crippen LogP contribution in [0, 0.1) is 0 Å². The first kappa shape index (κ1) is 15.1. The van der Waals surface area contributed by atoms with Crippen molar-refractivity contribution in [3.63, 3.8) is 0 Å². The van der Waals surface area contributed by atoms with E-state index >= 15 is 0 Å². The molecule has 0 aromatic heterocycles. The number of benzene rings is 2. The molecule has 0 fully saturated rings. The molecule has 2 aliphatic rings. The SMILES string of the molecule is CC1CCC(N2c3ccccc3Oc3ccc(C(F)(F)F)cc32)=N1. The van der Waals surface area contributed by atoms with E-state index in [1.165, 1.54) is 6.07 Å². The Hall–Kier alpha value is -2.50. The predicted octanol–water partition coefficient (Wildman–Crippen LogP) is 5.53. The minimum Gasteiger partial charge on any atom is -0.453 e. The maximum absolute atomic E-state index is 13.1. The van der Waals surface area contributed by atoms with E-state index in [9.17, 15) is 13.2 Å². The fourth-order valence-electron chi connectivity index (χ4n) is 3.10. The van der Waals surface area contributed by atoms with Crippen LogP contribution in [0.2, 0.25) is 0 Å². The van der Waals surface area contributed by atoms with Gasteiger partial charge in [-0.25, -0.2) is 0 Å². The van der Waals surface area contributed by atoms with Gasteiger partial charge in [0, 0.05) is 12.5 Å². The number of halogens is 3. The average Bonchev–Trinajstić information content (AvgIpc) is 2.97. The maximum Gasteiger partial charge on any atom is 0.416 e.